The number of rotatable bonds is 21. The Morgan fingerprint density at radius 1 is 0.515 bits per heavy atom. The average Bonchev–Trinajstić information content (AvgIpc) is 2.77. The van der Waals surface area contributed by atoms with E-state index in [1.54, 1.807) is 0 Å². The first-order chi connectivity index (χ1) is 15.5. The third-order valence-electron chi connectivity index (χ3n) is 5.32. The fourth-order valence-electron chi connectivity index (χ4n) is 3.16. The van der Waals surface area contributed by atoms with Gasteiger partial charge in [0.1, 0.15) is 0 Å². The van der Waals surface area contributed by atoms with Gasteiger partial charge in [0.15, 0.2) is 0 Å². The Kier molecular flexibility index (Phi) is 47.2. The maximum absolute atomic E-state index is 10.1. The monoisotopic (exact) mass is 577 g/mol. The van der Waals surface area contributed by atoms with Crippen molar-refractivity contribution in [1.29, 1.82) is 0 Å². The Hall–Kier alpha value is -0.261. The zero-order valence-electron chi connectivity index (χ0n) is 22.4. The third-order valence-corrected chi connectivity index (χ3v) is 5.32. The normalized spacial score (nSPS) is 9.70. The van der Waals surface area contributed by atoms with Gasteiger partial charge in [-0.1, -0.05) is 143 Å². The Bertz CT molecular complexity index is 334. The molecule has 0 amide bonds. The molecule has 0 unspecified atom stereocenters. The van der Waals surface area contributed by atoms with Crippen molar-refractivity contribution >= 4 is 35.8 Å². The van der Waals surface area contributed by atoms with E-state index in [1.165, 1.54) is 96.3 Å². The first-order valence-corrected chi connectivity index (χ1v) is 13.6. The zero-order valence-corrected chi connectivity index (χ0v) is 25.3. The molecular weight excluding hydrogens is 519 g/mol. The Morgan fingerprint density at radius 2 is 0.727 bits per heavy atom. The minimum absolute atomic E-state index is 0. The van der Waals surface area contributed by atoms with Gasteiger partial charge in [-0.05, 0) is 25.7 Å². The molecular formula is C28H57O4Sn. The number of carboxylic acids is 2. The molecule has 0 fully saturated rings. The van der Waals surface area contributed by atoms with Crippen LogP contribution >= 0.6 is 0 Å². The van der Waals surface area contributed by atoms with Crippen LogP contribution in [-0.4, -0.2) is 35.8 Å². The van der Waals surface area contributed by atoms with Crippen LogP contribution in [0.25, 0.3) is 0 Å². The molecule has 0 spiro atoms. The number of hydrogen-bond donors (Lipinski definition) is 0. The number of aliphatic carboxylic acids is 2. The summed E-state index contributed by atoms with van der Waals surface area (Å²) in [6, 6.07) is 0. The van der Waals surface area contributed by atoms with Crippen molar-refractivity contribution in [1.82, 2.24) is 0 Å². The molecule has 0 aromatic rings. The summed E-state index contributed by atoms with van der Waals surface area (Å²) in [5.41, 5.74) is 0. The number of unbranched alkanes of at least 4 members (excludes halogenated alkanes) is 17. The molecule has 0 aromatic heterocycles. The molecule has 0 aliphatic carbocycles. The topological polar surface area (TPSA) is 80.3 Å². The average molecular weight is 576 g/mol. The van der Waals surface area contributed by atoms with Crippen LogP contribution in [0.1, 0.15) is 163 Å². The van der Waals surface area contributed by atoms with E-state index in [2.05, 4.69) is 27.7 Å². The molecule has 0 aliphatic rings. The van der Waals surface area contributed by atoms with Crippen LogP contribution in [0.15, 0.2) is 0 Å². The molecule has 0 N–H and O–H groups in total. The second-order valence-corrected chi connectivity index (χ2v) is 8.75. The van der Waals surface area contributed by atoms with Gasteiger partial charge in [0.25, 0.3) is 0 Å². The molecule has 197 valence electrons. The van der Waals surface area contributed by atoms with Gasteiger partial charge >= 0.3 is 23.9 Å². The molecule has 0 aliphatic heterocycles. The van der Waals surface area contributed by atoms with E-state index in [1.807, 2.05) is 0 Å². The summed E-state index contributed by atoms with van der Waals surface area (Å²) in [4.78, 5) is 20.2. The summed E-state index contributed by atoms with van der Waals surface area (Å²) in [5, 5.41) is 20.2. The van der Waals surface area contributed by atoms with E-state index < -0.39 is 11.9 Å². The number of carbonyl (C=O) groups excluding carboxylic acids is 2. The van der Waals surface area contributed by atoms with Gasteiger partial charge in [0, 0.05) is 13.4 Å². The predicted molar refractivity (Wildman–Crippen MR) is 142 cm³/mol. The van der Waals surface area contributed by atoms with E-state index >= 15 is 0 Å². The SMILES string of the molecule is CCCCCCCCCCCC(=O)[O-].CCCCCCCCCCCC(=O)[O-].[CH2]CCC.[HH].[Sn+2]. The summed E-state index contributed by atoms with van der Waals surface area (Å²) in [5.74, 6) is -1.82. The van der Waals surface area contributed by atoms with Gasteiger partial charge in [-0.2, -0.15) is 0 Å². The van der Waals surface area contributed by atoms with E-state index in [0.29, 0.717) is 0 Å². The third kappa shape index (κ3) is 54.3. The fraction of sp³-hybridized carbons (Fsp3) is 0.893. The largest absolute Gasteiger partial charge is 2.00 e. The van der Waals surface area contributed by atoms with Crippen molar-refractivity contribution < 1.29 is 21.2 Å². The molecule has 5 heteroatoms. The summed E-state index contributed by atoms with van der Waals surface area (Å²) < 4.78 is 0. The van der Waals surface area contributed by atoms with Crippen LogP contribution < -0.4 is 10.2 Å². The summed E-state index contributed by atoms with van der Waals surface area (Å²) in [7, 11) is 0. The van der Waals surface area contributed by atoms with Gasteiger partial charge in [-0.15, -0.1) is 0 Å². The molecule has 0 rings (SSSR count). The van der Waals surface area contributed by atoms with Crippen LogP contribution in [0.3, 0.4) is 0 Å². The van der Waals surface area contributed by atoms with Crippen LogP contribution in [0, 0.1) is 6.92 Å². The Morgan fingerprint density at radius 3 is 0.909 bits per heavy atom. The maximum Gasteiger partial charge on any atom is 2.00 e. The molecule has 0 saturated heterocycles. The summed E-state index contributed by atoms with van der Waals surface area (Å²) in [6.07, 6.45) is 24.6. The fourth-order valence-corrected chi connectivity index (χ4v) is 3.16. The predicted octanol–water partition coefficient (Wildman–Crippen LogP) is 6.80. The van der Waals surface area contributed by atoms with Gasteiger partial charge < -0.3 is 19.8 Å². The first-order valence-electron chi connectivity index (χ1n) is 13.6. The standard InChI is InChI=1S/2C12H24O2.C4H9.Sn.H2/c2*1-2-3-4-5-6-7-8-9-10-11-12(13)14;1-3-4-2;;/h2*2-11H2,1H3,(H,13,14);1,3-4H2,2H3;;1H/q;;;+2;/p-2. The Balaban J connectivity index is -0.000000135. The van der Waals surface area contributed by atoms with E-state index in [4.69, 9.17) is 0 Å². The van der Waals surface area contributed by atoms with Crippen LogP contribution in [-0.2, 0) is 9.59 Å². The minimum Gasteiger partial charge on any atom is -0.550 e. The van der Waals surface area contributed by atoms with Crippen molar-refractivity contribution in [2.45, 2.75) is 162 Å². The van der Waals surface area contributed by atoms with Crippen molar-refractivity contribution in [3.05, 3.63) is 6.92 Å². The smallest absolute Gasteiger partial charge is 0.550 e. The van der Waals surface area contributed by atoms with Gasteiger partial charge in [-0.25, -0.2) is 0 Å². The van der Waals surface area contributed by atoms with Crippen molar-refractivity contribution in [3.8, 4) is 0 Å². The van der Waals surface area contributed by atoms with E-state index in [-0.39, 0.29) is 38.2 Å². The van der Waals surface area contributed by atoms with Gasteiger partial charge in [0.2, 0.25) is 0 Å². The van der Waals surface area contributed by atoms with Crippen molar-refractivity contribution in [2.75, 3.05) is 0 Å². The van der Waals surface area contributed by atoms with Crippen molar-refractivity contribution in [3.63, 3.8) is 0 Å². The second-order valence-electron chi connectivity index (χ2n) is 8.75. The van der Waals surface area contributed by atoms with Crippen molar-refractivity contribution in [2.24, 2.45) is 0 Å². The van der Waals surface area contributed by atoms with Gasteiger partial charge in [-0.3, -0.25) is 0 Å². The first kappa shape index (κ1) is 39.9. The number of carbonyl (C=O) groups is 2. The molecule has 33 heavy (non-hydrogen) atoms. The number of carboxylic acid groups (broad SMARTS) is 2. The van der Waals surface area contributed by atoms with E-state index in [0.717, 1.165) is 32.1 Å². The molecule has 4 nitrogen and oxygen atoms in total. The van der Waals surface area contributed by atoms with E-state index in [9.17, 15) is 19.8 Å². The minimum atomic E-state index is -0.909. The zero-order chi connectivity index (χ0) is 24.7. The molecule has 3 radical (unpaired) electrons. The summed E-state index contributed by atoms with van der Waals surface area (Å²) in [6.45, 7) is 10.2. The number of hydrogen-bond acceptors (Lipinski definition) is 4. The molecule has 0 heterocycles. The molecule has 0 bridgehead atoms. The molecule has 0 atom stereocenters. The quantitative estimate of drug-likeness (QED) is 0.111. The Labute approximate surface area is 225 Å². The van der Waals surface area contributed by atoms with Crippen LogP contribution in [0.5, 0.6) is 0 Å². The molecule has 0 saturated carbocycles. The van der Waals surface area contributed by atoms with Gasteiger partial charge in [0.05, 0.1) is 0 Å². The maximum atomic E-state index is 10.1. The molecule has 0 aromatic carbocycles. The van der Waals surface area contributed by atoms with Crippen LogP contribution in [0.2, 0.25) is 0 Å². The van der Waals surface area contributed by atoms with Crippen LogP contribution in [0.4, 0.5) is 0 Å². The summed E-state index contributed by atoms with van der Waals surface area (Å²) >= 11 is 0. The second kappa shape index (κ2) is 39.0.